The lowest BCUT2D eigenvalue weighted by Gasteiger charge is -2.24. The standard InChI is InChI=1S/C9H16F3NO/c10-9(11,12)5-7(13)8(14)6-3-1-2-4-6/h6-8,14H,1-5,13H2. The van der Waals surface area contributed by atoms with Crippen molar-refractivity contribution in [1.82, 2.24) is 0 Å². The van der Waals surface area contributed by atoms with Gasteiger partial charge in [-0.25, -0.2) is 0 Å². The first-order chi connectivity index (χ1) is 6.40. The summed E-state index contributed by atoms with van der Waals surface area (Å²) in [5.41, 5.74) is 5.31. The normalized spacial score (nSPS) is 23.8. The maximum Gasteiger partial charge on any atom is 0.390 e. The molecular weight excluding hydrogens is 195 g/mol. The first-order valence-corrected chi connectivity index (χ1v) is 4.90. The SMILES string of the molecule is NC(CC(F)(F)F)C(O)C1CCCC1. The van der Waals surface area contributed by atoms with Gasteiger partial charge in [0, 0.05) is 6.04 Å². The molecule has 0 aromatic carbocycles. The van der Waals surface area contributed by atoms with Crippen molar-refractivity contribution in [3.63, 3.8) is 0 Å². The van der Waals surface area contributed by atoms with Gasteiger partial charge in [-0.2, -0.15) is 13.2 Å². The van der Waals surface area contributed by atoms with Crippen LogP contribution in [0.25, 0.3) is 0 Å². The minimum Gasteiger partial charge on any atom is -0.391 e. The van der Waals surface area contributed by atoms with Gasteiger partial charge in [0.2, 0.25) is 0 Å². The first-order valence-electron chi connectivity index (χ1n) is 4.90. The maximum atomic E-state index is 12.0. The Morgan fingerprint density at radius 2 is 1.79 bits per heavy atom. The number of aliphatic hydroxyl groups excluding tert-OH is 1. The summed E-state index contributed by atoms with van der Waals surface area (Å²) >= 11 is 0. The Morgan fingerprint density at radius 1 is 1.29 bits per heavy atom. The Kier molecular flexibility index (Phi) is 3.78. The van der Waals surface area contributed by atoms with Crippen LogP contribution in [0.15, 0.2) is 0 Å². The van der Waals surface area contributed by atoms with Crippen molar-refractivity contribution >= 4 is 0 Å². The minimum atomic E-state index is -4.28. The molecule has 0 heterocycles. The van der Waals surface area contributed by atoms with Gasteiger partial charge in [-0.05, 0) is 18.8 Å². The molecule has 0 aliphatic heterocycles. The molecule has 0 saturated heterocycles. The second-order valence-electron chi connectivity index (χ2n) is 4.02. The van der Waals surface area contributed by atoms with Gasteiger partial charge in [0.15, 0.2) is 0 Å². The highest BCUT2D eigenvalue weighted by Crippen LogP contribution is 2.31. The summed E-state index contributed by atoms with van der Waals surface area (Å²) in [6, 6.07) is -1.17. The van der Waals surface area contributed by atoms with Crippen molar-refractivity contribution in [1.29, 1.82) is 0 Å². The quantitative estimate of drug-likeness (QED) is 0.748. The van der Waals surface area contributed by atoms with E-state index in [9.17, 15) is 18.3 Å². The summed E-state index contributed by atoms with van der Waals surface area (Å²) in [5.74, 6) is -0.0349. The highest BCUT2D eigenvalue weighted by molar-refractivity contribution is 4.83. The predicted octanol–water partition coefficient (Wildman–Crippen LogP) is 1.82. The fraction of sp³-hybridized carbons (Fsp3) is 1.00. The van der Waals surface area contributed by atoms with E-state index in [1.807, 2.05) is 0 Å². The molecule has 5 heteroatoms. The maximum absolute atomic E-state index is 12.0. The molecule has 84 valence electrons. The second-order valence-corrected chi connectivity index (χ2v) is 4.02. The Labute approximate surface area is 81.3 Å². The zero-order valence-corrected chi connectivity index (χ0v) is 7.93. The lowest BCUT2D eigenvalue weighted by molar-refractivity contribution is -0.145. The number of rotatable bonds is 3. The van der Waals surface area contributed by atoms with Gasteiger partial charge in [-0.3, -0.25) is 0 Å². The van der Waals surface area contributed by atoms with Crippen LogP contribution in [0.3, 0.4) is 0 Å². The number of nitrogens with two attached hydrogens (primary N) is 1. The average Bonchev–Trinajstić information content (AvgIpc) is 2.51. The van der Waals surface area contributed by atoms with Crippen molar-refractivity contribution in [3.05, 3.63) is 0 Å². The summed E-state index contributed by atoms with van der Waals surface area (Å²) in [4.78, 5) is 0. The predicted molar refractivity (Wildman–Crippen MR) is 46.6 cm³/mol. The number of hydrogen-bond donors (Lipinski definition) is 2. The molecule has 1 aliphatic rings. The Morgan fingerprint density at radius 3 is 2.21 bits per heavy atom. The minimum absolute atomic E-state index is 0.0349. The molecule has 0 radical (unpaired) electrons. The lowest BCUT2D eigenvalue weighted by atomic mass is 9.93. The van der Waals surface area contributed by atoms with Gasteiger partial charge in [0.25, 0.3) is 0 Å². The van der Waals surface area contributed by atoms with Crippen LogP contribution >= 0.6 is 0 Å². The Bertz CT molecular complexity index is 177. The fourth-order valence-electron chi connectivity index (χ4n) is 2.04. The second kappa shape index (κ2) is 4.49. The Hall–Kier alpha value is -0.290. The third kappa shape index (κ3) is 3.46. The van der Waals surface area contributed by atoms with E-state index in [1.54, 1.807) is 0 Å². The fourth-order valence-corrected chi connectivity index (χ4v) is 2.04. The summed E-state index contributed by atoms with van der Waals surface area (Å²) in [6.45, 7) is 0. The van der Waals surface area contributed by atoms with Crippen LogP contribution in [0.5, 0.6) is 0 Å². The number of halogens is 3. The van der Waals surface area contributed by atoms with E-state index in [4.69, 9.17) is 5.73 Å². The van der Waals surface area contributed by atoms with Gasteiger partial charge >= 0.3 is 6.18 Å². The number of aliphatic hydroxyl groups is 1. The molecule has 0 aromatic rings. The molecule has 14 heavy (non-hydrogen) atoms. The first kappa shape index (κ1) is 11.8. The van der Waals surface area contributed by atoms with Crippen LogP contribution in [0.4, 0.5) is 13.2 Å². The smallest absolute Gasteiger partial charge is 0.390 e. The molecule has 2 atom stereocenters. The van der Waals surface area contributed by atoms with Gasteiger partial charge < -0.3 is 10.8 Å². The number of alkyl halides is 3. The third-order valence-electron chi connectivity index (χ3n) is 2.79. The van der Waals surface area contributed by atoms with E-state index in [1.165, 1.54) is 0 Å². The third-order valence-corrected chi connectivity index (χ3v) is 2.79. The monoisotopic (exact) mass is 211 g/mol. The molecule has 2 nitrogen and oxygen atoms in total. The van der Waals surface area contributed by atoms with Crippen LogP contribution < -0.4 is 5.73 Å². The molecule has 1 fully saturated rings. The van der Waals surface area contributed by atoms with Crippen LogP contribution in [0, 0.1) is 5.92 Å². The van der Waals surface area contributed by atoms with Gasteiger partial charge in [-0.15, -0.1) is 0 Å². The van der Waals surface area contributed by atoms with Crippen molar-refractivity contribution in [2.24, 2.45) is 11.7 Å². The average molecular weight is 211 g/mol. The molecule has 2 unspecified atom stereocenters. The van der Waals surface area contributed by atoms with Crippen molar-refractivity contribution in [2.75, 3.05) is 0 Å². The summed E-state index contributed by atoms with van der Waals surface area (Å²) < 4.78 is 35.9. The zero-order chi connectivity index (χ0) is 10.8. The topological polar surface area (TPSA) is 46.2 Å². The molecule has 0 spiro atoms. The Balaban J connectivity index is 2.39. The molecule has 1 saturated carbocycles. The van der Waals surface area contributed by atoms with Crippen molar-refractivity contribution in [3.8, 4) is 0 Å². The van der Waals surface area contributed by atoms with Crippen LogP contribution in [-0.4, -0.2) is 23.4 Å². The van der Waals surface area contributed by atoms with Crippen molar-refractivity contribution < 1.29 is 18.3 Å². The van der Waals surface area contributed by atoms with E-state index < -0.39 is 24.7 Å². The molecule has 3 N–H and O–H groups in total. The number of hydrogen-bond acceptors (Lipinski definition) is 2. The summed E-state index contributed by atoms with van der Waals surface area (Å²) in [6.07, 6.45) is -2.80. The lowest BCUT2D eigenvalue weighted by Crippen LogP contribution is -2.42. The molecule has 0 aromatic heterocycles. The van der Waals surface area contributed by atoms with Gasteiger partial charge in [-0.1, -0.05) is 12.8 Å². The van der Waals surface area contributed by atoms with E-state index in [0.717, 1.165) is 25.7 Å². The molecule has 0 bridgehead atoms. The molecule has 0 amide bonds. The van der Waals surface area contributed by atoms with Gasteiger partial charge in [0.1, 0.15) is 0 Å². The van der Waals surface area contributed by atoms with Crippen LogP contribution in [0.2, 0.25) is 0 Å². The van der Waals surface area contributed by atoms with E-state index in [0.29, 0.717) is 0 Å². The van der Waals surface area contributed by atoms with E-state index in [-0.39, 0.29) is 5.92 Å². The molecular formula is C9H16F3NO. The van der Waals surface area contributed by atoms with Crippen LogP contribution in [-0.2, 0) is 0 Å². The summed E-state index contributed by atoms with van der Waals surface area (Å²) in [5, 5.41) is 9.56. The molecule has 1 rings (SSSR count). The molecule has 1 aliphatic carbocycles. The highest BCUT2D eigenvalue weighted by atomic mass is 19.4. The summed E-state index contributed by atoms with van der Waals surface area (Å²) in [7, 11) is 0. The van der Waals surface area contributed by atoms with E-state index in [2.05, 4.69) is 0 Å². The van der Waals surface area contributed by atoms with Gasteiger partial charge in [0.05, 0.1) is 12.5 Å². The zero-order valence-electron chi connectivity index (χ0n) is 7.93. The highest BCUT2D eigenvalue weighted by Gasteiger charge is 2.36. The largest absolute Gasteiger partial charge is 0.391 e. The van der Waals surface area contributed by atoms with Crippen molar-refractivity contribution in [2.45, 2.75) is 50.4 Å². The van der Waals surface area contributed by atoms with Crippen LogP contribution in [0.1, 0.15) is 32.1 Å². The van der Waals surface area contributed by atoms with E-state index >= 15 is 0 Å².